The highest BCUT2D eigenvalue weighted by molar-refractivity contribution is 14.1. The molecule has 0 aliphatic carbocycles. The van der Waals surface area contributed by atoms with Crippen LogP contribution in [-0.2, 0) is 7.05 Å². The molecule has 2 aromatic heterocycles. The largest absolute Gasteiger partial charge is 0.333 e. The molecule has 3 rings (SSSR count). The van der Waals surface area contributed by atoms with Gasteiger partial charge in [-0.05, 0) is 13.0 Å². The van der Waals surface area contributed by atoms with Gasteiger partial charge in [0.15, 0.2) is 0 Å². The van der Waals surface area contributed by atoms with Crippen molar-refractivity contribution >= 4 is 44.9 Å². The van der Waals surface area contributed by atoms with Crippen LogP contribution in [-0.4, -0.2) is 17.3 Å². The molecule has 4 nitrogen and oxygen atoms in total. The molecule has 0 amide bonds. The van der Waals surface area contributed by atoms with E-state index in [1.807, 2.05) is 33.1 Å². The van der Waals surface area contributed by atoms with Crippen molar-refractivity contribution in [1.29, 1.82) is 0 Å². The quantitative estimate of drug-likeness (QED) is 0.598. The van der Waals surface area contributed by atoms with E-state index in [0.717, 1.165) is 11.0 Å². The fourth-order valence-corrected chi connectivity index (χ4v) is 2.78. The topological polar surface area (TPSA) is 35.6 Å². The summed E-state index contributed by atoms with van der Waals surface area (Å²) in [6.07, 6.45) is 3.67. The van der Waals surface area contributed by atoms with E-state index in [1.165, 1.54) is 16.6 Å². The Hall–Kier alpha value is -1.11. The lowest BCUT2D eigenvalue weighted by molar-refractivity contribution is 0.944. The van der Waals surface area contributed by atoms with Gasteiger partial charge in [-0.1, -0.05) is 0 Å². The molecule has 0 fully saturated rings. The van der Waals surface area contributed by atoms with E-state index in [4.69, 9.17) is 0 Å². The Morgan fingerprint density at radius 2 is 1.80 bits per heavy atom. The van der Waals surface area contributed by atoms with Gasteiger partial charge in [0.2, 0.25) is 0 Å². The number of halogens is 1. The number of hydrogen-bond donors (Lipinski definition) is 0. The van der Waals surface area contributed by atoms with Crippen LogP contribution in [0.25, 0.3) is 22.1 Å². The Morgan fingerprint density at radius 1 is 1.13 bits per heavy atom. The highest BCUT2D eigenvalue weighted by Gasteiger charge is 2.11. The third kappa shape index (κ3) is 1.12. The van der Waals surface area contributed by atoms with Gasteiger partial charge in [0.1, 0.15) is 6.33 Å². The molecular weight excluding hydrogens is 303 g/mol. The lowest BCUT2D eigenvalue weighted by Gasteiger charge is -2.02. The Balaban J connectivity index is 2.65. The third-order valence-electron chi connectivity index (χ3n) is 2.70. The standard InChI is InChI=1S/C10H9IN4/c1-6-9-7(12-4-14(9)2)3-8-10(6)15(11)5-13-8/h3-5H,1-2H3. The Morgan fingerprint density at radius 3 is 2.60 bits per heavy atom. The molecule has 76 valence electrons. The van der Waals surface area contributed by atoms with Gasteiger partial charge in [0, 0.05) is 12.6 Å². The van der Waals surface area contributed by atoms with Crippen molar-refractivity contribution in [2.45, 2.75) is 6.92 Å². The molecule has 0 atom stereocenters. The van der Waals surface area contributed by atoms with Gasteiger partial charge in [-0.15, -0.1) is 0 Å². The van der Waals surface area contributed by atoms with E-state index < -0.39 is 0 Å². The number of rotatable bonds is 0. The monoisotopic (exact) mass is 312 g/mol. The summed E-state index contributed by atoms with van der Waals surface area (Å²) in [5.74, 6) is 0. The van der Waals surface area contributed by atoms with Crippen molar-refractivity contribution in [3.8, 4) is 0 Å². The zero-order chi connectivity index (χ0) is 10.6. The minimum Gasteiger partial charge on any atom is -0.333 e. The summed E-state index contributed by atoms with van der Waals surface area (Å²) in [6.45, 7) is 2.11. The average Bonchev–Trinajstić information content (AvgIpc) is 2.73. The summed E-state index contributed by atoms with van der Waals surface area (Å²) in [7, 11) is 2.02. The maximum atomic E-state index is 4.35. The first kappa shape index (κ1) is 9.14. The van der Waals surface area contributed by atoms with Crippen molar-refractivity contribution in [3.05, 3.63) is 24.3 Å². The first-order valence-electron chi connectivity index (χ1n) is 4.62. The van der Waals surface area contributed by atoms with Gasteiger partial charge in [-0.2, -0.15) is 0 Å². The number of fused-ring (bicyclic) bond motifs is 2. The van der Waals surface area contributed by atoms with Gasteiger partial charge < -0.3 is 4.57 Å². The minimum absolute atomic E-state index is 1.01. The number of nitrogens with zero attached hydrogens (tertiary/aromatic N) is 4. The molecule has 0 N–H and O–H groups in total. The Labute approximate surface area is 100 Å². The fourth-order valence-electron chi connectivity index (χ4n) is 2.05. The zero-order valence-electron chi connectivity index (χ0n) is 8.40. The Bertz CT molecular complexity index is 610. The molecule has 3 aromatic rings. The van der Waals surface area contributed by atoms with E-state index in [-0.39, 0.29) is 0 Å². The van der Waals surface area contributed by atoms with Crippen molar-refractivity contribution in [2.75, 3.05) is 0 Å². The summed E-state index contributed by atoms with van der Waals surface area (Å²) in [6, 6.07) is 2.03. The van der Waals surface area contributed by atoms with E-state index >= 15 is 0 Å². The molecule has 0 aliphatic rings. The number of benzene rings is 1. The number of imidazole rings is 2. The first-order chi connectivity index (χ1) is 7.18. The summed E-state index contributed by atoms with van der Waals surface area (Å²) in [5.41, 5.74) is 5.60. The lowest BCUT2D eigenvalue weighted by atomic mass is 10.1. The predicted molar refractivity (Wildman–Crippen MR) is 68.2 cm³/mol. The second-order valence-corrected chi connectivity index (χ2v) is 4.69. The van der Waals surface area contributed by atoms with Crippen LogP contribution in [0.2, 0.25) is 0 Å². The van der Waals surface area contributed by atoms with E-state index in [2.05, 4.69) is 39.8 Å². The summed E-state index contributed by atoms with van der Waals surface area (Å²) >= 11 is 2.25. The molecule has 0 radical (unpaired) electrons. The van der Waals surface area contributed by atoms with E-state index in [9.17, 15) is 0 Å². The van der Waals surface area contributed by atoms with Crippen LogP contribution in [0.1, 0.15) is 5.56 Å². The molecule has 1 aromatic carbocycles. The van der Waals surface area contributed by atoms with Crippen LogP contribution >= 0.6 is 22.9 Å². The van der Waals surface area contributed by atoms with Crippen LogP contribution in [0.15, 0.2) is 18.7 Å². The minimum atomic E-state index is 1.01. The normalized spacial score (nSPS) is 11.7. The Kier molecular flexibility index (Phi) is 1.79. The van der Waals surface area contributed by atoms with Crippen molar-refractivity contribution < 1.29 is 0 Å². The molecule has 0 bridgehead atoms. The highest BCUT2D eigenvalue weighted by Crippen LogP contribution is 2.27. The number of hydrogen-bond acceptors (Lipinski definition) is 2. The highest BCUT2D eigenvalue weighted by atomic mass is 127. The van der Waals surface area contributed by atoms with Crippen molar-refractivity contribution in [1.82, 2.24) is 17.3 Å². The maximum Gasteiger partial charge on any atom is 0.105 e. The molecule has 0 aliphatic heterocycles. The maximum absolute atomic E-state index is 4.35. The molecule has 0 saturated carbocycles. The molecule has 15 heavy (non-hydrogen) atoms. The summed E-state index contributed by atoms with van der Waals surface area (Å²) in [4.78, 5) is 8.69. The van der Waals surface area contributed by atoms with Crippen molar-refractivity contribution in [3.63, 3.8) is 0 Å². The van der Waals surface area contributed by atoms with Gasteiger partial charge in [-0.3, -0.25) is 2.78 Å². The van der Waals surface area contributed by atoms with Crippen molar-refractivity contribution in [2.24, 2.45) is 7.05 Å². The van der Waals surface area contributed by atoms with E-state index in [0.29, 0.717) is 0 Å². The predicted octanol–water partition coefficient (Wildman–Crippen LogP) is 2.43. The third-order valence-corrected chi connectivity index (χ3v) is 3.44. The van der Waals surface area contributed by atoms with Crippen LogP contribution in [0, 0.1) is 6.92 Å². The fraction of sp³-hybridized carbons (Fsp3) is 0.200. The van der Waals surface area contributed by atoms with Crippen LogP contribution in [0.3, 0.4) is 0 Å². The second-order valence-electron chi connectivity index (χ2n) is 3.65. The lowest BCUT2D eigenvalue weighted by Crippen LogP contribution is -1.90. The summed E-state index contributed by atoms with van der Waals surface area (Å²) < 4.78 is 4.07. The summed E-state index contributed by atoms with van der Waals surface area (Å²) in [5, 5.41) is 0. The molecule has 0 unspecified atom stereocenters. The van der Waals surface area contributed by atoms with Gasteiger partial charge >= 0.3 is 0 Å². The van der Waals surface area contributed by atoms with Gasteiger partial charge in [0.25, 0.3) is 0 Å². The average molecular weight is 312 g/mol. The van der Waals surface area contributed by atoms with Crippen LogP contribution in [0.4, 0.5) is 0 Å². The SMILES string of the molecule is Cc1c2c(cc3ncn(I)c13)ncn2C. The molecule has 2 heterocycles. The second kappa shape index (κ2) is 2.94. The van der Waals surface area contributed by atoms with Gasteiger partial charge in [-0.25, -0.2) is 9.97 Å². The molecule has 0 spiro atoms. The molecule has 5 heteroatoms. The van der Waals surface area contributed by atoms with Crippen LogP contribution in [0.5, 0.6) is 0 Å². The smallest absolute Gasteiger partial charge is 0.105 e. The molecular formula is C10H9IN4. The number of aryl methyl sites for hydroxylation is 2. The zero-order valence-corrected chi connectivity index (χ0v) is 10.6. The van der Waals surface area contributed by atoms with Gasteiger partial charge in [0.05, 0.1) is 51.3 Å². The first-order valence-corrected chi connectivity index (χ1v) is 5.59. The molecule has 0 saturated heterocycles. The van der Waals surface area contributed by atoms with Crippen LogP contribution < -0.4 is 0 Å². The number of aromatic nitrogens is 4. The van der Waals surface area contributed by atoms with E-state index in [1.54, 1.807) is 0 Å².